The molecule has 0 aliphatic heterocycles. The lowest BCUT2D eigenvalue weighted by molar-refractivity contribution is -0.387. The molecule has 0 heterocycles. The number of hydrogen-bond acceptors (Lipinski definition) is 4. The third-order valence-electron chi connectivity index (χ3n) is 2.01. The van der Waals surface area contributed by atoms with E-state index in [0.29, 0.717) is 25.0 Å². The standard InChI is InChI=1S/C10H11F2NO4/c11-7-6-10(17-4-2-1-3-14)8(12)5-9(7)13(15)16/h5-6,14H,1-4H2. The van der Waals surface area contributed by atoms with Crippen molar-refractivity contribution in [3.8, 4) is 5.75 Å². The number of nitrogens with zero attached hydrogens (tertiary/aromatic N) is 1. The Bertz CT molecular complexity index is 412. The van der Waals surface area contributed by atoms with Crippen molar-refractivity contribution in [3.63, 3.8) is 0 Å². The molecule has 1 aromatic rings. The number of benzene rings is 1. The number of nitro benzene ring substituents is 1. The molecular weight excluding hydrogens is 236 g/mol. The molecule has 0 amide bonds. The average molecular weight is 247 g/mol. The Hall–Kier alpha value is -1.76. The van der Waals surface area contributed by atoms with Crippen LogP contribution < -0.4 is 4.74 Å². The second-order valence-corrected chi connectivity index (χ2v) is 3.27. The smallest absolute Gasteiger partial charge is 0.307 e. The summed E-state index contributed by atoms with van der Waals surface area (Å²) in [6.45, 7) is 0.0925. The highest BCUT2D eigenvalue weighted by Gasteiger charge is 2.19. The van der Waals surface area contributed by atoms with Crippen LogP contribution in [0.1, 0.15) is 12.8 Å². The van der Waals surface area contributed by atoms with Gasteiger partial charge in [0.1, 0.15) is 0 Å². The molecule has 0 fully saturated rings. The minimum absolute atomic E-state index is 0.0134. The van der Waals surface area contributed by atoms with Crippen LogP contribution in [0.25, 0.3) is 0 Å². The molecule has 1 N–H and O–H groups in total. The molecule has 0 aliphatic rings. The van der Waals surface area contributed by atoms with Crippen LogP contribution in [0.15, 0.2) is 12.1 Å². The molecule has 0 aromatic heterocycles. The van der Waals surface area contributed by atoms with Crippen LogP contribution in [0.5, 0.6) is 5.75 Å². The van der Waals surface area contributed by atoms with Crippen molar-refractivity contribution in [2.45, 2.75) is 12.8 Å². The summed E-state index contributed by atoms with van der Waals surface area (Å²) in [5.74, 6) is -2.50. The first-order valence-corrected chi connectivity index (χ1v) is 4.93. The van der Waals surface area contributed by atoms with Crippen LogP contribution in [0, 0.1) is 21.7 Å². The summed E-state index contributed by atoms with van der Waals surface area (Å²) in [5.41, 5.74) is -0.926. The summed E-state index contributed by atoms with van der Waals surface area (Å²) in [5, 5.41) is 18.8. The van der Waals surface area contributed by atoms with E-state index >= 15 is 0 Å². The highest BCUT2D eigenvalue weighted by atomic mass is 19.1. The van der Waals surface area contributed by atoms with Crippen LogP contribution in [-0.4, -0.2) is 23.2 Å². The molecule has 0 unspecified atom stereocenters. The Labute approximate surface area is 95.8 Å². The quantitative estimate of drug-likeness (QED) is 0.474. The fourth-order valence-corrected chi connectivity index (χ4v) is 1.16. The summed E-state index contributed by atoms with van der Waals surface area (Å²) >= 11 is 0. The number of ether oxygens (including phenoxy) is 1. The number of nitro groups is 1. The van der Waals surface area contributed by atoms with Gasteiger partial charge in [-0.1, -0.05) is 0 Å². The van der Waals surface area contributed by atoms with E-state index in [1.165, 1.54) is 0 Å². The van der Waals surface area contributed by atoms with Gasteiger partial charge in [0.15, 0.2) is 11.6 Å². The molecule has 17 heavy (non-hydrogen) atoms. The van der Waals surface area contributed by atoms with Crippen LogP contribution in [0.2, 0.25) is 0 Å². The second-order valence-electron chi connectivity index (χ2n) is 3.27. The Morgan fingerprint density at radius 3 is 2.59 bits per heavy atom. The van der Waals surface area contributed by atoms with Crippen molar-refractivity contribution in [1.29, 1.82) is 0 Å². The van der Waals surface area contributed by atoms with Gasteiger partial charge in [0.25, 0.3) is 0 Å². The van der Waals surface area contributed by atoms with E-state index in [0.717, 1.165) is 0 Å². The zero-order valence-corrected chi connectivity index (χ0v) is 8.86. The maximum atomic E-state index is 13.3. The van der Waals surface area contributed by atoms with Gasteiger partial charge in [0.2, 0.25) is 5.82 Å². The molecule has 94 valence electrons. The molecular formula is C10H11F2NO4. The van der Waals surface area contributed by atoms with Gasteiger partial charge in [-0.15, -0.1) is 0 Å². The van der Waals surface area contributed by atoms with E-state index < -0.39 is 22.2 Å². The molecule has 0 aliphatic carbocycles. The number of aliphatic hydroxyl groups is 1. The van der Waals surface area contributed by atoms with Gasteiger partial charge >= 0.3 is 5.69 Å². The lowest BCUT2D eigenvalue weighted by atomic mass is 10.2. The van der Waals surface area contributed by atoms with Crippen LogP contribution in [-0.2, 0) is 0 Å². The van der Waals surface area contributed by atoms with E-state index in [2.05, 4.69) is 0 Å². The summed E-state index contributed by atoms with van der Waals surface area (Å²) < 4.78 is 31.3. The molecule has 0 atom stereocenters. The van der Waals surface area contributed by atoms with E-state index in [1.807, 2.05) is 0 Å². The summed E-state index contributed by atoms with van der Waals surface area (Å²) in [6, 6.07) is 1.13. The average Bonchev–Trinajstić information content (AvgIpc) is 2.28. The van der Waals surface area contributed by atoms with Crippen molar-refractivity contribution in [1.82, 2.24) is 0 Å². The largest absolute Gasteiger partial charge is 0.490 e. The van der Waals surface area contributed by atoms with Gasteiger partial charge in [-0.25, -0.2) is 4.39 Å². The molecule has 0 saturated carbocycles. The molecule has 0 bridgehead atoms. The van der Waals surface area contributed by atoms with E-state index in [4.69, 9.17) is 9.84 Å². The first kappa shape index (κ1) is 13.3. The highest BCUT2D eigenvalue weighted by molar-refractivity contribution is 5.39. The fourth-order valence-electron chi connectivity index (χ4n) is 1.16. The van der Waals surface area contributed by atoms with Crippen LogP contribution >= 0.6 is 0 Å². The zero-order chi connectivity index (χ0) is 12.8. The summed E-state index contributed by atoms with van der Waals surface area (Å²) in [4.78, 5) is 9.31. The number of halogens is 2. The monoisotopic (exact) mass is 247 g/mol. The lowest BCUT2D eigenvalue weighted by Gasteiger charge is -2.06. The number of unbranched alkanes of at least 4 members (excludes halogenated alkanes) is 1. The Morgan fingerprint density at radius 2 is 2.00 bits per heavy atom. The van der Waals surface area contributed by atoms with Crippen LogP contribution in [0.4, 0.5) is 14.5 Å². The van der Waals surface area contributed by atoms with Gasteiger partial charge in [0, 0.05) is 12.7 Å². The summed E-state index contributed by atoms with van der Waals surface area (Å²) in [6.07, 6.45) is 0.964. The van der Waals surface area contributed by atoms with Gasteiger partial charge < -0.3 is 9.84 Å². The molecule has 0 spiro atoms. The lowest BCUT2D eigenvalue weighted by Crippen LogP contribution is -2.02. The number of rotatable bonds is 6. The molecule has 5 nitrogen and oxygen atoms in total. The molecule has 0 radical (unpaired) electrons. The molecule has 1 rings (SSSR count). The highest BCUT2D eigenvalue weighted by Crippen LogP contribution is 2.26. The molecule has 1 aromatic carbocycles. The Kier molecular flexibility index (Phi) is 4.77. The molecule has 7 heteroatoms. The van der Waals surface area contributed by atoms with Crippen molar-refractivity contribution in [2.75, 3.05) is 13.2 Å². The predicted molar refractivity (Wildman–Crippen MR) is 54.8 cm³/mol. The third kappa shape index (κ3) is 3.63. The first-order valence-electron chi connectivity index (χ1n) is 4.93. The number of hydrogen-bond donors (Lipinski definition) is 1. The maximum absolute atomic E-state index is 13.3. The third-order valence-corrected chi connectivity index (χ3v) is 2.01. The Balaban J connectivity index is 2.74. The minimum Gasteiger partial charge on any atom is -0.490 e. The second kappa shape index (κ2) is 6.09. The van der Waals surface area contributed by atoms with Crippen molar-refractivity contribution >= 4 is 5.69 Å². The Morgan fingerprint density at radius 1 is 1.29 bits per heavy atom. The SMILES string of the molecule is O=[N+]([O-])c1cc(F)c(OCCCCO)cc1F. The van der Waals surface area contributed by atoms with Crippen LogP contribution in [0.3, 0.4) is 0 Å². The minimum atomic E-state index is -1.14. The van der Waals surface area contributed by atoms with Gasteiger partial charge in [-0.2, -0.15) is 4.39 Å². The molecule has 0 saturated heterocycles. The van der Waals surface area contributed by atoms with Crippen molar-refractivity contribution in [2.24, 2.45) is 0 Å². The van der Waals surface area contributed by atoms with Gasteiger partial charge in [-0.3, -0.25) is 10.1 Å². The normalized spacial score (nSPS) is 10.3. The fraction of sp³-hybridized carbons (Fsp3) is 0.400. The summed E-state index contributed by atoms with van der Waals surface area (Å²) in [7, 11) is 0. The maximum Gasteiger partial charge on any atom is 0.307 e. The van der Waals surface area contributed by atoms with Gasteiger partial charge in [0.05, 0.1) is 17.6 Å². The number of aliphatic hydroxyl groups excluding tert-OH is 1. The van der Waals surface area contributed by atoms with E-state index in [1.54, 1.807) is 0 Å². The van der Waals surface area contributed by atoms with Crippen molar-refractivity contribution in [3.05, 3.63) is 33.9 Å². The van der Waals surface area contributed by atoms with Crippen molar-refractivity contribution < 1.29 is 23.5 Å². The first-order chi connectivity index (χ1) is 8.06. The zero-order valence-electron chi connectivity index (χ0n) is 8.86. The van der Waals surface area contributed by atoms with Gasteiger partial charge in [-0.05, 0) is 12.8 Å². The van der Waals surface area contributed by atoms with E-state index in [-0.39, 0.29) is 19.0 Å². The predicted octanol–water partition coefficient (Wildman–Crippen LogP) is 2.02. The van der Waals surface area contributed by atoms with E-state index in [9.17, 15) is 18.9 Å². The topological polar surface area (TPSA) is 72.6 Å².